The number of rotatable bonds is 2. The second-order valence-corrected chi connectivity index (χ2v) is 5.13. The van der Waals surface area contributed by atoms with E-state index in [2.05, 4.69) is 6.92 Å². The molecule has 0 fully saturated rings. The van der Waals surface area contributed by atoms with E-state index < -0.39 is 0 Å². The van der Waals surface area contributed by atoms with E-state index in [0.717, 1.165) is 35.8 Å². The number of ether oxygens (including phenoxy) is 1. The van der Waals surface area contributed by atoms with Gasteiger partial charge in [-0.05, 0) is 36.8 Å². The van der Waals surface area contributed by atoms with E-state index in [4.69, 9.17) is 4.74 Å². The summed E-state index contributed by atoms with van der Waals surface area (Å²) in [5, 5.41) is 0. The first-order chi connectivity index (χ1) is 8.52. The van der Waals surface area contributed by atoms with Crippen LogP contribution in [0.4, 0.5) is 0 Å². The fourth-order valence-electron chi connectivity index (χ4n) is 2.75. The second-order valence-electron chi connectivity index (χ2n) is 5.13. The Kier molecular flexibility index (Phi) is 3.50. The zero-order valence-corrected chi connectivity index (χ0v) is 11.0. The number of carbonyl (C=O) groups is 2. The Morgan fingerprint density at radius 1 is 1.44 bits per heavy atom. The van der Waals surface area contributed by atoms with Crippen LogP contribution in [0, 0.1) is 12.8 Å². The van der Waals surface area contributed by atoms with E-state index in [1.807, 2.05) is 19.1 Å². The summed E-state index contributed by atoms with van der Waals surface area (Å²) in [4.78, 5) is 22.5. The van der Waals surface area contributed by atoms with Gasteiger partial charge in [0, 0.05) is 18.1 Å². The van der Waals surface area contributed by atoms with Crippen LogP contribution in [0.3, 0.4) is 0 Å². The number of carbonyl (C=O) groups excluding carboxylic acids is 2. The van der Waals surface area contributed by atoms with E-state index >= 15 is 0 Å². The number of esters is 1. The van der Waals surface area contributed by atoms with Gasteiger partial charge in [-0.2, -0.15) is 0 Å². The van der Waals surface area contributed by atoms with Crippen molar-refractivity contribution in [3.63, 3.8) is 0 Å². The monoisotopic (exact) mass is 246 g/mol. The van der Waals surface area contributed by atoms with Gasteiger partial charge in [0.2, 0.25) is 0 Å². The van der Waals surface area contributed by atoms with Crippen molar-refractivity contribution in [1.82, 2.24) is 0 Å². The van der Waals surface area contributed by atoms with Crippen LogP contribution in [0.15, 0.2) is 12.1 Å². The molecule has 1 aliphatic carbocycles. The summed E-state index contributed by atoms with van der Waals surface area (Å²) in [5.74, 6) is 0.169. The minimum atomic E-state index is -0.293. The third-order valence-electron chi connectivity index (χ3n) is 3.53. The summed E-state index contributed by atoms with van der Waals surface area (Å²) in [6, 6.07) is 4.01. The highest BCUT2D eigenvalue weighted by Crippen LogP contribution is 2.38. The van der Waals surface area contributed by atoms with Crippen molar-refractivity contribution in [3.8, 4) is 0 Å². The Hall–Kier alpha value is -1.64. The SMILES string of the molecule is CC(=O)OC1CC(C)Cc2ccc(C)c(C=O)c21. The maximum absolute atomic E-state index is 11.3. The number of benzene rings is 1. The predicted molar refractivity (Wildman–Crippen MR) is 68.6 cm³/mol. The molecule has 0 radical (unpaired) electrons. The van der Waals surface area contributed by atoms with Gasteiger partial charge in [-0.3, -0.25) is 9.59 Å². The van der Waals surface area contributed by atoms with Gasteiger partial charge < -0.3 is 4.74 Å². The van der Waals surface area contributed by atoms with Crippen molar-refractivity contribution < 1.29 is 14.3 Å². The standard InChI is InChI=1S/C15H18O3/c1-9-6-12-5-4-10(2)13(8-16)15(12)14(7-9)18-11(3)17/h4-5,8-9,14H,6-7H2,1-3H3. The first kappa shape index (κ1) is 12.8. The first-order valence-electron chi connectivity index (χ1n) is 6.27. The van der Waals surface area contributed by atoms with Crippen molar-refractivity contribution in [2.24, 2.45) is 5.92 Å². The van der Waals surface area contributed by atoms with E-state index in [1.54, 1.807) is 0 Å². The van der Waals surface area contributed by atoms with E-state index in [-0.39, 0.29) is 12.1 Å². The van der Waals surface area contributed by atoms with Gasteiger partial charge in [0.05, 0.1) is 0 Å². The smallest absolute Gasteiger partial charge is 0.303 e. The molecule has 1 aromatic carbocycles. The fourth-order valence-corrected chi connectivity index (χ4v) is 2.75. The molecule has 3 heteroatoms. The van der Waals surface area contributed by atoms with E-state index in [9.17, 15) is 9.59 Å². The molecule has 0 N–H and O–H groups in total. The summed E-state index contributed by atoms with van der Waals surface area (Å²) >= 11 is 0. The summed E-state index contributed by atoms with van der Waals surface area (Å²) in [6.07, 6.45) is 2.33. The van der Waals surface area contributed by atoms with Crippen LogP contribution >= 0.6 is 0 Å². The largest absolute Gasteiger partial charge is 0.458 e. The second kappa shape index (κ2) is 4.92. The Labute approximate surface area is 107 Å². The molecule has 0 heterocycles. The third-order valence-corrected chi connectivity index (χ3v) is 3.53. The van der Waals surface area contributed by atoms with Gasteiger partial charge in [-0.25, -0.2) is 0 Å². The maximum Gasteiger partial charge on any atom is 0.303 e. The van der Waals surface area contributed by atoms with Crippen molar-refractivity contribution in [2.75, 3.05) is 0 Å². The van der Waals surface area contributed by atoms with Crippen LogP contribution in [0.25, 0.3) is 0 Å². The number of hydrogen-bond donors (Lipinski definition) is 0. The predicted octanol–water partition coefficient (Wildman–Crippen LogP) is 2.99. The zero-order chi connectivity index (χ0) is 13.3. The molecule has 3 nitrogen and oxygen atoms in total. The molecular formula is C15H18O3. The molecule has 0 saturated heterocycles. The van der Waals surface area contributed by atoms with Gasteiger partial charge in [0.25, 0.3) is 0 Å². The molecule has 18 heavy (non-hydrogen) atoms. The minimum Gasteiger partial charge on any atom is -0.458 e. The van der Waals surface area contributed by atoms with Gasteiger partial charge in [0.1, 0.15) is 6.10 Å². The number of fused-ring (bicyclic) bond motifs is 1. The molecule has 0 aromatic heterocycles. The molecule has 2 atom stereocenters. The van der Waals surface area contributed by atoms with Crippen LogP contribution < -0.4 is 0 Å². The normalized spacial score (nSPS) is 22.2. The zero-order valence-electron chi connectivity index (χ0n) is 11.0. The molecule has 2 unspecified atom stereocenters. The topological polar surface area (TPSA) is 43.4 Å². The van der Waals surface area contributed by atoms with Crippen LogP contribution in [0.1, 0.15) is 53.4 Å². The van der Waals surface area contributed by atoms with Crippen molar-refractivity contribution in [2.45, 2.75) is 39.7 Å². The summed E-state index contributed by atoms with van der Waals surface area (Å²) in [5.41, 5.74) is 3.67. The molecule has 1 aliphatic rings. The molecule has 2 rings (SSSR count). The summed E-state index contributed by atoms with van der Waals surface area (Å²) in [7, 11) is 0. The average Bonchev–Trinajstić information content (AvgIpc) is 2.28. The van der Waals surface area contributed by atoms with E-state index in [1.165, 1.54) is 6.92 Å². The number of aldehydes is 1. The molecule has 96 valence electrons. The summed E-state index contributed by atoms with van der Waals surface area (Å²) in [6.45, 7) is 5.46. The maximum atomic E-state index is 11.3. The lowest BCUT2D eigenvalue weighted by Gasteiger charge is -2.30. The lowest BCUT2D eigenvalue weighted by Crippen LogP contribution is -2.22. The fraction of sp³-hybridized carbons (Fsp3) is 0.467. The molecule has 0 bridgehead atoms. The van der Waals surface area contributed by atoms with Gasteiger partial charge in [-0.15, -0.1) is 0 Å². The Morgan fingerprint density at radius 2 is 2.17 bits per heavy atom. The lowest BCUT2D eigenvalue weighted by molar-refractivity contribution is -0.147. The highest BCUT2D eigenvalue weighted by molar-refractivity contribution is 5.81. The molecule has 0 aliphatic heterocycles. The Morgan fingerprint density at radius 3 is 2.78 bits per heavy atom. The molecular weight excluding hydrogens is 228 g/mol. The van der Waals surface area contributed by atoms with Crippen LogP contribution in [0.2, 0.25) is 0 Å². The Bertz CT molecular complexity index is 491. The van der Waals surface area contributed by atoms with Crippen molar-refractivity contribution in [3.05, 3.63) is 34.4 Å². The average molecular weight is 246 g/mol. The summed E-state index contributed by atoms with van der Waals surface area (Å²) < 4.78 is 5.39. The van der Waals surface area contributed by atoms with E-state index in [0.29, 0.717) is 11.5 Å². The first-order valence-corrected chi connectivity index (χ1v) is 6.27. The molecule has 0 spiro atoms. The van der Waals surface area contributed by atoms with Crippen molar-refractivity contribution >= 4 is 12.3 Å². The molecule has 0 amide bonds. The number of hydrogen-bond acceptors (Lipinski definition) is 3. The number of aryl methyl sites for hydroxylation is 1. The van der Waals surface area contributed by atoms with Gasteiger partial charge in [0.15, 0.2) is 6.29 Å². The molecule has 0 saturated carbocycles. The highest BCUT2D eigenvalue weighted by Gasteiger charge is 2.29. The third kappa shape index (κ3) is 2.30. The quantitative estimate of drug-likeness (QED) is 0.595. The van der Waals surface area contributed by atoms with Gasteiger partial charge in [-0.1, -0.05) is 19.1 Å². The van der Waals surface area contributed by atoms with Crippen LogP contribution in [-0.2, 0) is 16.0 Å². The highest BCUT2D eigenvalue weighted by atomic mass is 16.5. The Balaban J connectivity index is 2.53. The minimum absolute atomic E-state index is 0.277. The van der Waals surface area contributed by atoms with Crippen LogP contribution in [-0.4, -0.2) is 12.3 Å². The lowest BCUT2D eigenvalue weighted by atomic mass is 9.80. The molecule has 1 aromatic rings. The van der Waals surface area contributed by atoms with Crippen molar-refractivity contribution in [1.29, 1.82) is 0 Å². The van der Waals surface area contributed by atoms with Crippen LogP contribution in [0.5, 0.6) is 0 Å². The van der Waals surface area contributed by atoms with Gasteiger partial charge >= 0.3 is 5.97 Å².